The van der Waals surface area contributed by atoms with Gasteiger partial charge in [-0.1, -0.05) is 36.9 Å². The first-order chi connectivity index (χ1) is 28.2. The maximum absolute atomic E-state index is 13.7. The zero-order chi connectivity index (χ0) is 40.6. The molecule has 2 saturated heterocycles. The highest BCUT2D eigenvalue weighted by molar-refractivity contribution is 7.99. The molecular formula is C42H47ClFN7O6S. The lowest BCUT2D eigenvalue weighted by molar-refractivity contribution is -0.137. The van der Waals surface area contributed by atoms with Gasteiger partial charge in [-0.3, -0.25) is 29.4 Å². The molecule has 4 heterocycles. The molecule has 2 fully saturated rings. The summed E-state index contributed by atoms with van der Waals surface area (Å²) >= 11 is 7.72. The third-order valence-electron chi connectivity index (χ3n) is 10.7. The topological polar surface area (TPSA) is 155 Å². The molecule has 3 aliphatic rings. The molecule has 4 aromatic rings. The number of rotatable bonds is 17. The van der Waals surface area contributed by atoms with E-state index >= 15 is 0 Å². The minimum atomic E-state index is -0.610. The van der Waals surface area contributed by atoms with E-state index in [1.165, 1.54) is 18.5 Å². The van der Waals surface area contributed by atoms with E-state index in [0.29, 0.717) is 65.5 Å². The van der Waals surface area contributed by atoms with Crippen LogP contribution in [0.1, 0.15) is 73.7 Å². The normalized spacial score (nSPS) is 17.3. The van der Waals surface area contributed by atoms with Crippen molar-refractivity contribution in [3.05, 3.63) is 76.8 Å². The summed E-state index contributed by atoms with van der Waals surface area (Å²) in [5, 5.41) is 9.34. The van der Waals surface area contributed by atoms with E-state index in [1.54, 1.807) is 35.9 Å². The number of unbranched alkanes of at least 4 members (excludes halogenated alkanes) is 4. The molecule has 0 aliphatic carbocycles. The number of methoxy groups -OCH3 is 1. The first kappa shape index (κ1) is 41.2. The number of amides is 4. The quantitative estimate of drug-likeness (QED) is 0.0596. The number of anilines is 2. The summed E-state index contributed by atoms with van der Waals surface area (Å²) in [6.45, 7) is 2.85. The van der Waals surface area contributed by atoms with Crippen LogP contribution in [0, 0.1) is 5.82 Å². The Balaban J connectivity index is 0.778. The number of likely N-dealkylation sites (tertiary alicyclic amines) is 1. The number of hydrogen-bond acceptors (Lipinski definition) is 11. The van der Waals surface area contributed by atoms with Crippen molar-refractivity contribution < 1.29 is 33.0 Å². The van der Waals surface area contributed by atoms with Gasteiger partial charge in [0.1, 0.15) is 30.1 Å². The molecule has 58 heavy (non-hydrogen) atoms. The van der Waals surface area contributed by atoms with Gasteiger partial charge in [0.15, 0.2) is 11.5 Å². The van der Waals surface area contributed by atoms with E-state index in [9.17, 15) is 23.6 Å². The minimum Gasteiger partial charge on any atom is -0.493 e. The standard InChI is InChI=1S/C42H47ClFN7O6S/c1-56-35-22-33-29(40(47-25-46-33)48-26-10-11-32(44)31(43)20-26)21-36(35)57-27-14-17-50(18-15-27)24-39(53)45-16-5-3-2-4-6-19-58-37-9-7-8-28-30(37)23-51(42(28)55)34-12-13-38(52)49-41(34)54/h7-11,20-22,25,27,34H,2-6,12-19,23-24H2,1H3,(H,45,53)(H,46,47,48)(H,49,52,54). The van der Waals surface area contributed by atoms with Crippen LogP contribution in [0.5, 0.6) is 11.5 Å². The van der Waals surface area contributed by atoms with E-state index in [2.05, 4.69) is 30.8 Å². The maximum Gasteiger partial charge on any atom is 0.255 e. The molecular weight excluding hydrogens is 785 g/mol. The van der Waals surface area contributed by atoms with Crippen molar-refractivity contribution in [3.8, 4) is 11.5 Å². The number of imide groups is 1. The average Bonchev–Trinajstić information content (AvgIpc) is 3.55. The minimum absolute atomic E-state index is 0.00560. The second-order valence-corrected chi connectivity index (χ2v) is 16.3. The van der Waals surface area contributed by atoms with Crippen molar-refractivity contribution in [2.75, 3.05) is 44.4 Å². The van der Waals surface area contributed by atoms with Crippen molar-refractivity contribution in [1.82, 2.24) is 30.4 Å². The van der Waals surface area contributed by atoms with Crippen LogP contribution in [0.2, 0.25) is 5.02 Å². The Bertz CT molecular complexity index is 2170. The van der Waals surface area contributed by atoms with Crippen molar-refractivity contribution >= 4 is 69.4 Å². The Morgan fingerprint density at radius 3 is 2.60 bits per heavy atom. The Morgan fingerprint density at radius 2 is 1.81 bits per heavy atom. The van der Waals surface area contributed by atoms with Gasteiger partial charge in [-0.15, -0.1) is 11.8 Å². The average molecular weight is 832 g/mol. The van der Waals surface area contributed by atoms with Crippen molar-refractivity contribution in [2.45, 2.75) is 81.4 Å². The van der Waals surface area contributed by atoms with Crippen molar-refractivity contribution in [2.24, 2.45) is 0 Å². The molecule has 3 aliphatic heterocycles. The predicted molar refractivity (Wildman–Crippen MR) is 220 cm³/mol. The van der Waals surface area contributed by atoms with Gasteiger partial charge < -0.3 is 25.0 Å². The Hall–Kier alpha value is -4.99. The summed E-state index contributed by atoms with van der Waals surface area (Å²) in [6, 6.07) is 13.2. The fourth-order valence-corrected chi connectivity index (χ4v) is 8.88. The van der Waals surface area contributed by atoms with Gasteiger partial charge in [0, 0.05) is 60.2 Å². The highest BCUT2D eigenvalue weighted by atomic mass is 35.5. The highest BCUT2D eigenvalue weighted by Crippen LogP contribution is 2.37. The number of hydrogen-bond donors (Lipinski definition) is 3. The number of nitrogens with zero attached hydrogens (tertiary/aromatic N) is 4. The van der Waals surface area contributed by atoms with Crippen LogP contribution >= 0.6 is 23.4 Å². The van der Waals surface area contributed by atoms with Gasteiger partial charge in [-0.25, -0.2) is 14.4 Å². The summed E-state index contributed by atoms with van der Waals surface area (Å²) in [5.74, 6) is 1.26. The molecule has 1 unspecified atom stereocenters. The Labute approximate surface area is 345 Å². The van der Waals surface area contributed by atoms with Crippen LogP contribution in [0.3, 0.4) is 0 Å². The number of thioether (sulfide) groups is 1. The molecule has 4 amide bonds. The number of piperidine rings is 2. The Morgan fingerprint density at radius 1 is 1.00 bits per heavy atom. The van der Waals surface area contributed by atoms with E-state index in [1.807, 2.05) is 24.3 Å². The lowest BCUT2D eigenvalue weighted by atomic mass is 10.0. The van der Waals surface area contributed by atoms with E-state index in [0.717, 1.165) is 74.2 Å². The first-order valence-corrected chi connectivity index (χ1v) is 21.1. The molecule has 0 radical (unpaired) electrons. The van der Waals surface area contributed by atoms with Gasteiger partial charge in [0.2, 0.25) is 17.7 Å². The Kier molecular flexibility index (Phi) is 13.6. The molecule has 0 saturated carbocycles. The van der Waals surface area contributed by atoms with Crippen LogP contribution in [-0.2, 0) is 20.9 Å². The van der Waals surface area contributed by atoms with Crippen molar-refractivity contribution in [3.63, 3.8) is 0 Å². The zero-order valence-corrected chi connectivity index (χ0v) is 33.9. The lowest BCUT2D eigenvalue weighted by Crippen LogP contribution is -2.52. The van der Waals surface area contributed by atoms with Gasteiger partial charge in [0.05, 0.1) is 24.2 Å². The summed E-state index contributed by atoms with van der Waals surface area (Å²) < 4.78 is 25.8. The highest BCUT2D eigenvalue weighted by Gasteiger charge is 2.39. The molecule has 16 heteroatoms. The number of nitrogens with one attached hydrogen (secondary N) is 3. The molecule has 1 atom stereocenters. The fourth-order valence-electron chi connectivity index (χ4n) is 7.61. The molecule has 1 aromatic heterocycles. The van der Waals surface area contributed by atoms with E-state index < -0.39 is 17.8 Å². The number of fused-ring (bicyclic) bond motifs is 2. The lowest BCUT2D eigenvalue weighted by Gasteiger charge is -2.32. The number of carbonyl (C=O) groups is 4. The third kappa shape index (κ3) is 9.99. The van der Waals surface area contributed by atoms with E-state index in [4.69, 9.17) is 21.1 Å². The SMILES string of the molecule is COc1cc2ncnc(Nc3ccc(F)c(Cl)c3)c2cc1OC1CCN(CC(=O)NCCCCCCCSc2cccc3c2CN(C2CCC(=O)NC2=O)C3=O)CC1. The fraction of sp³-hybridized carbons (Fsp3) is 0.429. The molecule has 7 rings (SSSR count). The number of ether oxygens (including phenoxy) is 2. The van der Waals surface area contributed by atoms with Crippen LogP contribution in [0.4, 0.5) is 15.9 Å². The molecule has 13 nitrogen and oxygen atoms in total. The van der Waals surface area contributed by atoms with Crippen molar-refractivity contribution in [1.29, 1.82) is 0 Å². The van der Waals surface area contributed by atoms with Gasteiger partial charge in [0.25, 0.3) is 5.91 Å². The molecule has 3 N–H and O–H groups in total. The maximum atomic E-state index is 13.7. The largest absolute Gasteiger partial charge is 0.493 e. The van der Waals surface area contributed by atoms with Gasteiger partial charge in [-0.2, -0.15) is 0 Å². The monoisotopic (exact) mass is 831 g/mol. The van der Waals surface area contributed by atoms with Crippen LogP contribution in [0.15, 0.2) is 59.8 Å². The molecule has 306 valence electrons. The van der Waals surface area contributed by atoms with Crippen LogP contribution in [-0.4, -0.2) is 94.6 Å². The van der Waals surface area contributed by atoms with Gasteiger partial charge >= 0.3 is 0 Å². The predicted octanol–water partition coefficient (Wildman–Crippen LogP) is 6.64. The first-order valence-electron chi connectivity index (χ1n) is 19.8. The third-order valence-corrected chi connectivity index (χ3v) is 12.2. The number of benzene rings is 3. The second-order valence-electron chi connectivity index (χ2n) is 14.7. The summed E-state index contributed by atoms with van der Waals surface area (Å²) in [4.78, 5) is 63.4. The zero-order valence-electron chi connectivity index (χ0n) is 32.4. The van der Waals surface area contributed by atoms with Crippen LogP contribution in [0.25, 0.3) is 10.9 Å². The summed E-state index contributed by atoms with van der Waals surface area (Å²) in [5.41, 5.74) is 2.85. The molecule has 0 bridgehead atoms. The smallest absolute Gasteiger partial charge is 0.255 e. The molecule has 3 aromatic carbocycles. The number of carbonyl (C=O) groups excluding carboxylic acids is 4. The van der Waals surface area contributed by atoms with E-state index in [-0.39, 0.29) is 35.3 Å². The van der Waals surface area contributed by atoms with Crippen LogP contribution < -0.4 is 25.4 Å². The molecule has 0 spiro atoms. The summed E-state index contributed by atoms with van der Waals surface area (Å²) in [6.07, 6.45) is 8.64. The number of aromatic nitrogens is 2. The summed E-state index contributed by atoms with van der Waals surface area (Å²) in [7, 11) is 1.58. The van der Waals surface area contributed by atoms with Gasteiger partial charge in [-0.05, 0) is 79.8 Å². The second kappa shape index (κ2) is 19.2. The number of halogens is 2.